The second-order valence-electron chi connectivity index (χ2n) is 8.48. The van der Waals surface area contributed by atoms with Gasteiger partial charge >= 0.3 is 0 Å². The van der Waals surface area contributed by atoms with Crippen molar-refractivity contribution >= 4 is 5.91 Å². The van der Waals surface area contributed by atoms with Crippen molar-refractivity contribution in [2.45, 2.75) is 57.1 Å². The summed E-state index contributed by atoms with van der Waals surface area (Å²) in [6, 6.07) is 0. The fourth-order valence-corrected chi connectivity index (χ4v) is 4.47. The van der Waals surface area contributed by atoms with Crippen LogP contribution < -0.4 is 0 Å². The van der Waals surface area contributed by atoms with Gasteiger partial charge in [0, 0.05) is 32.9 Å². The van der Waals surface area contributed by atoms with Gasteiger partial charge in [0.05, 0.1) is 50.1 Å². The fraction of sp³-hybridized carbons (Fsp3) is 0.700. The Kier molecular flexibility index (Phi) is 5.30. The van der Waals surface area contributed by atoms with E-state index in [9.17, 15) is 4.79 Å². The van der Waals surface area contributed by atoms with Crippen LogP contribution in [0.2, 0.25) is 0 Å². The maximum Gasteiger partial charge on any atom is 0.274 e. The topological polar surface area (TPSA) is 96.5 Å². The Morgan fingerprint density at radius 2 is 2.23 bits per heavy atom. The Bertz CT molecular complexity index is 895. The van der Waals surface area contributed by atoms with Crippen molar-refractivity contribution in [1.82, 2.24) is 29.4 Å². The van der Waals surface area contributed by atoms with Gasteiger partial charge < -0.3 is 23.7 Å². The van der Waals surface area contributed by atoms with Gasteiger partial charge in [-0.25, -0.2) is 9.67 Å². The number of ether oxygens (including phenoxy) is 3. The van der Waals surface area contributed by atoms with Crippen molar-refractivity contribution < 1.29 is 19.0 Å². The number of piperidine rings is 1. The molecule has 5 heterocycles. The summed E-state index contributed by atoms with van der Waals surface area (Å²) in [6.07, 6.45) is 7.33. The predicted octanol–water partition coefficient (Wildman–Crippen LogP) is 0.912. The third kappa shape index (κ3) is 3.86. The quantitative estimate of drug-likeness (QED) is 0.715. The summed E-state index contributed by atoms with van der Waals surface area (Å²) < 4.78 is 21.4. The van der Waals surface area contributed by atoms with Crippen molar-refractivity contribution in [3.63, 3.8) is 0 Å². The van der Waals surface area contributed by atoms with Crippen molar-refractivity contribution in [3.8, 4) is 0 Å². The molecular formula is C20H28N6O4. The number of rotatable bonds is 5. The Labute approximate surface area is 175 Å². The van der Waals surface area contributed by atoms with Gasteiger partial charge in [-0.05, 0) is 25.7 Å². The molecule has 1 unspecified atom stereocenters. The number of fused-ring (bicyclic) bond motifs is 1. The maximum absolute atomic E-state index is 12.6. The molecule has 162 valence electrons. The molecule has 3 aliphatic rings. The highest BCUT2D eigenvalue weighted by Crippen LogP contribution is 2.34. The van der Waals surface area contributed by atoms with Crippen LogP contribution in [0.4, 0.5) is 0 Å². The lowest BCUT2D eigenvalue weighted by Crippen LogP contribution is -2.52. The Morgan fingerprint density at radius 1 is 1.37 bits per heavy atom. The molecule has 1 spiro atoms. The molecule has 5 rings (SSSR count). The van der Waals surface area contributed by atoms with Gasteiger partial charge in [0.25, 0.3) is 5.91 Å². The lowest BCUT2D eigenvalue weighted by atomic mass is 9.89. The van der Waals surface area contributed by atoms with Gasteiger partial charge in [-0.2, -0.15) is 0 Å². The average molecular weight is 416 g/mol. The van der Waals surface area contributed by atoms with Crippen molar-refractivity contribution in [3.05, 3.63) is 29.6 Å². The van der Waals surface area contributed by atoms with Gasteiger partial charge in [0.1, 0.15) is 11.4 Å². The summed E-state index contributed by atoms with van der Waals surface area (Å²) in [5.74, 6) is -0.0200. The van der Waals surface area contributed by atoms with Crippen molar-refractivity contribution in [1.29, 1.82) is 0 Å². The van der Waals surface area contributed by atoms with Crippen LogP contribution in [-0.2, 0) is 41.0 Å². The van der Waals surface area contributed by atoms with Crippen LogP contribution in [-0.4, -0.2) is 73.4 Å². The highest BCUT2D eigenvalue weighted by molar-refractivity contribution is 5.92. The smallest absolute Gasteiger partial charge is 0.274 e. The number of aromatic nitrogens is 5. The zero-order valence-corrected chi connectivity index (χ0v) is 17.3. The number of nitrogens with zero attached hydrogens (tertiary/aromatic N) is 6. The first-order valence-electron chi connectivity index (χ1n) is 10.6. The van der Waals surface area contributed by atoms with Crippen LogP contribution in [0.25, 0.3) is 0 Å². The van der Waals surface area contributed by atoms with Gasteiger partial charge in [0.15, 0.2) is 0 Å². The maximum atomic E-state index is 12.6. The molecule has 2 aromatic rings. The highest BCUT2D eigenvalue weighted by Gasteiger charge is 2.41. The van der Waals surface area contributed by atoms with Crippen LogP contribution in [0.15, 0.2) is 12.5 Å². The summed E-state index contributed by atoms with van der Waals surface area (Å²) in [6.45, 7) is 4.28. The molecule has 2 fully saturated rings. The minimum absolute atomic E-state index is 0.0200. The molecule has 0 aromatic carbocycles. The summed E-state index contributed by atoms with van der Waals surface area (Å²) in [7, 11) is 1.86. The number of carbonyl (C=O) groups excluding carboxylic acids is 1. The molecule has 0 bridgehead atoms. The van der Waals surface area contributed by atoms with E-state index in [1.807, 2.05) is 16.6 Å². The first-order chi connectivity index (χ1) is 14.6. The number of hydrogen-bond donors (Lipinski definition) is 0. The second kappa shape index (κ2) is 8.09. The van der Waals surface area contributed by atoms with E-state index >= 15 is 0 Å². The largest absolute Gasteiger partial charge is 0.376 e. The number of hydrogen-bond acceptors (Lipinski definition) is 7. The van der Waals surface area contributed by atoms with Gasteiger partial charge in [0.2, 0.25) is 0 Å². The third-order valence-electron chi connectivity index (χ3n) is 6.32. The molecule has 10 nitrogen and oxygen atoms in total. The zero-order chi connectivity index (χ0) is 20.6. The van der Waals surface area contributed by atoms with Crippen LogP contribution in [0.3, 0.4) is 0 Å². The van der Waals surface area contributed by atoms with Crippen LogP contribution >= 0.6 is 0 Å². The average Bonchev–Trinajstić information content (AvgIpc) is 3.50. The van der Waals surface area contributed by atoms with Gasteiger partial charge in [-0.1, -0.05) is 5.21 Å². The lowest BCUT2D eigenvalue weighted by molar-refractivity contribution is -0.120. The molecule has 2 saturated heterocycles. The minimum Gasteiger partial charge on any atom is -0.376 e. The summed E-state index contributed by atoms with van der Waals surface area (Å²) in [5.41, 5.74) is 2.02. The molecule has 1 atom stereocenters. The number of amides is 1. The van der Waals surface area contributed by atoms with E-state index in [2.05, 4.69) is 15.3 Å². The summed E-state index contributed by atoms with van der Waals surface area (Å²) in [5, 5.41) is 8.66. The van der Waals surface area contributed by atoms with Crippen LogP contribution in [0.1, 0.15) is 47.6 Å². The summed E-state index contributed by atoms with van der Waals surface area (Å²) in [4.78, 5) is 18.7. The van der Waals surface area contributed by atoms with Crippen molar-refractivity contribution in [2.75, 3.05) is 26.3 Å². The molecule has 0 radical (unpaired) electrons. The second-order valence-corrected chi connectivity index (χ2v) is 8.48. The number of aryl methyl sites for hydroxylation is 1. The first-order valence-corrected chi connectivity index (χ1v) is 10.6. The van der Waals surface area contributed by atoms with E-state index in [1.165, 1.54) is 0 Å². The number of likely N-dealkylation sites (tertiary alicyclic amines) is 1. The Hall–Kier alpha value is -2.30. The molecule has 1 amide bonds. The molecule has 0 aliphatic carbocycles. The molecule has 3 aliphatic heterocycles. The van der Waals surface area contributed by atoms with E-state index in [0.29, 0.717) is 45.1 Å². The molecule has 10 heteroatoms. The standard InChI is InChI=1S/C20H28N6O4/c1-24-9-16(21-14-24)19(27)25-6-4-20(5-7-25)13-26-18(12-30-20)17(22-23-26)11-28-10-15-3-2-8-29-15/h9,14-15H,2-8,10-13H2,1H3. The monoisotopic (exact) mass is 416 g/mol. The Morgan fingerprint density at radius 3 is 2.97 bits per heavy atom. The fourth-order valence-electron chi connectivity index (χ4n) is 4.47. The molecule has 0 N–H and O–H groups in total. The summed E-state index contributed by atoms with van der Waals surface area (Å²) >= 11 is 0. The SMILES string of the molecule is Cn1cnc(C(=O)N2CCC3(CC2)Cn2nnc(COCC4CCCO4)c2CO3)c1. The van der Waals surface area contributed by atoms with Gasteiger partial charge in [-0.15, -0.1) is 5.10 Å². The van der Waals surface area contributed by atoms with E-state index in [1.54, 1.807) is 17.1 Å². The van der Waals surface area contributed by atoms with Crippen LogP contribution in [0.5, 0.6) is 0 Å². The normalized spacial score (nSPS) is 23.1. The van der Waals surface area contributed by atoms with Crippen molar-refractivity contribution in [2.24, 2.45) is 7.05 Å². The van der Waals surface area contributed by atoms with Crippen LogP contribution in [0, 0.1) is 0 Å². The van der Waals surface area contributed by atoms with E-state index in [0.717, 1.165) is 43.7 Å². The Balaban J connectivity index is 1.16. The van der Waals surface area contributed by atoms with E-state index in [4.69, 9.17) is 14.2 Å². The predicted molar refractivity (Wildman–Crippen MR) is 105 cm³/mol. The first kappa shape index (κ1) is 19.7. The van der Waals surface area contributed by atoms with E-state index < -0.39 is 0 Å². The molecular weight excluding hydrogens is 388 g/mol. The lowest BCUT2D eigenvalue weighted by Gasteiger charge is -2.43. The molecule has 0 saturated carbocycles. The third-order valence-corrected chi connectivity index (χ3v) is 6.32. The zero-order valence-electron chi connectivity index (χ0n) is 17.3. The minimum atomic E-state index is -0.294. The number of imidazole rings is 1. The van der Waals surface area contributed by atoms with Gasteiger partial charge in [-0.3, -0.25) is 4.79 Å². The molecule has 2 aromatic heterocycles. The highest BCUT2D eigenvalue weighted by atomic mass is 16.5. The number of carbonyl (C=O) groups is 1. The molecule has 30 heavy (non-hydrogen) atoms. The van der Waals surface area contributed by atoms with E-state index in [-0.39, 0.29) is 17.6 Å².